The van der Waals surface area contributed by atoms with Crippen molar-refractivity contribution < 1.29 is 137 Å². The van der Waals surface area contributed by atoms with Gasteiger partial charge in [0.25, 0.3) is 0 Å². The first-order chi connectivity index (χ1) is 43.4. The molecule has 11 rings (SSSR count). The van der Waals surface area contributed by atoms with Gasteiger partial charge >= 0.3 is 17.9 Å². The van der Waals surface area contributed by atoms with Crippen LogP contribution in [0, 0.1) is 0 Å². The molecule has 3 heterocycles. The molecule has 0 radical (unpaired) electrons. The zero-order valence-corrected chi connectivity index (χ0v) is 50.9. The van der Waals surface area contributed by atoms with E-state index in [2.05, 4.69) is 10.1 Å². The minimum atomic E-state index is -2.35. The number of phenolic OH excluding ortho intramolecular Hbond substituents is 4. The highest BCUT2D eigenvalue weighted by molar-refractivity contribution is 6.32. The Morgan fingerprint density at radius 3 is 1.39 bits per heavy atom. The van der Waals surface area contributed by atoms with Gasteiger partial charge in [-0.1, -0.05) is 24.3 Å². The predicted octanol–water partition coefficient (Wildman–Crippen LogP) is 0.297. The van der Waals surface area contributed by atoms with Crippen LogP contribution in [0.1, 0.15) is 163 Å². The summed E-state index contributed by atoms with van der Waals surface area (Å²) in [6, 6.07) is 6.92. The lowest BCUT2D eigenvalue weighted by Gasteiger charge is -2.43. The van der Waals surface area contributed by atoms with Crippen LogP contribution in [-0.4, -0.2) is 202 Å². The molecule has 14 N–H and O–H groups in total. The summed E-state index contributed by atoms with van der Waals surface area (Å²) in [7, 11) is 2.61. The smallest absolute Gasteiger partial charge is 0.314 e. The molecule has 0 bridgehead atoms. The van der Waals surface area contributed by atoms with Gasteiger partial charge in [-0.2, -0.15) is 0 Å². The fourth-order valence-corrected chi connectivity index (χ4v) is 12.5. The Hall–Kier alpha value is -8.37. The molecule has 0 spiro atoms. The van der Waals surface area contributed by atoms with Crippen LogP contribution in [0.2, 0.25) is 0 Å². The number of carbonyl (C=O) groups is 10. The number of ether oxygens (including phenoxy) is 7. The highest BCUT2D eigenvalue weighted by Gasteiger charge is 2.53. The highest BCUT2D eigenvalue weighted by Crippen LogP contribution is 2.55. The fraction of sp³-hybridized carbons (Fsp3) is 0.452. The number of hydrogen-bond acceptors (Lipinski definition) is 28. The third-order valence-electron chi connectivity index (χ3n) is 17.2. The molecule has 3 fully saturated rings. The Bertz CT molecular complexity index is 3730. The summed E-state index contributed by atoms with van der Waals surface area (Å²) < 4.78 is 38.2. The Morgan fingerprint density at radius 1 is 0.602 bits per heavy atom. The Labute approximate surface area is 533 Å². The summed E-state index contributed by atoms with van der Waals surface area (Å²) >= 11 is 0. The number of halogens is 1. The van der Waals surface area contributed by atoms with Crippen molar-refractivity contribution in [2.24, 2.45) is 5.73 Å². The number of ketones is 6. The molecule has 7 aliphatic rings. The maximum absolute atomic E-state index is 13.8. The zero-order chi connectivity index (χ0) is 67.3. The standard InChI is InChI=1S/C31H33NO14.C27H29NO11.C4H4O3.ClH/c1-12-26(38)15(32-19(35)6-7-20(36)37)8-21(45-12)46-17-10-31(43,18(34)11-33)9-14-23(17)30(42)25-24(28(14)40)27(39)13-4-3-5-16(44-2)22(13)29(25)41;1-10-22(31)13(28)6-17(38-10)39-15-8-27(36,16(30)9-29)7-12-19(15)26(35)21-20(24(12)33)23(32)11-4-3-5-14(37-2)18(11)25(21)34;5-3-1-2-4(6)7-3;/h3-5,12,15,17,21,26,33,38,40,42-43H,6-11H2,1-2H3,(H,32,35)(H,36,37);3-5,10,13,15,17,22,29,31,33,35-36H,6-9,28H2,1-2H3;1-2H2;1H/t12?,15?,17-,21?,26?,31-;10?,13?,15-,17?,22?,27-;;/m00../s1. The summed E-state index contributed by atoms with van der Waals surface area (Å²) in [6.45, 7) is 0.949. The molecule has 0 aromatic heterocycles. The van der Waals surface area contributed by atoms with Gasteiger partial charge in [-0.3, -0.25) is 47.9 Å². The number of aliphatic carboxylic acids is 1. The lowest BCUT2D eigenvalue weighted by atomic mass is 9.72. The molecule has 30 nitrogen and oxygen atoms in total. The average Bonchev–Trinajstić information content (AvgIpc) is 1.53. The number of hydrogen-bond donors (Lipinski definition) is 13. The average molecular weight is 1320 g/mol. The van der Waals surface area contributed by atoms with E-state index in [1.165, 1.54) is 57.5 Å². The summed E-state index contributed by atoms with van der Waals surface area (Å²) in [6.07, 6.45) is -11.8. The van der Waals surface area contributed by atoms with Gasteiger partial charge in [-0.25, -0.2) is 0 Å². The van der Waals surface area contributed by atoms with Gasteiger partial charge in [0.2, 0.25) is 17.5 Å². The van der Waals surface area contributed by atoms with Crippen LogP contribution in [0.3, 0.4) is 0 Å². The van der Waals surface area contributed by atoms with Crippen LogP contribution in [0.4, 0.5) is 0 Å². The number of Topliss-reactive ketones (excluding diaryl/α,β-unsaturated/α-hetero) is 2. The minimum Gasteiger partial charge on any atom is -0.507 e. The molecule has 1 amide bonds. The van der Waals surface area contributed by atoms with Crippen molar-refractivity contribution in [2.75, 3.05) is 27.4 Å². The van der Waals surface area contributed by atoms with Crippen molar-refractivity contribution in [3.05, 3.63) is 103 Å². The third-order valence-corrected chi connectivity index (χ3v) is 17.2. The van der Waals surface area contributed by atoms with E-state index in [4.69, 9.17) is 39.3 Å². The van der Waals surface area contributed by atoms with E-state index in [0.717, 1.165) is 0 Å². The molecule has 12 atom stereocenters. The molecule has 500 valence electrons. The number of aliphatic hydroxyl groups is 6. The second kappa shape index (κ2) is 27.7. The van der Waals surface area contributed by atoms with Crippen molar-refractivity contribution in [1.82, 2.24) is 5.32 Å². The third kappa shape index (κ3) is 13.2. The number of nitrogens with one attached hydrogen (secondary N) is 1. The molecule has 31 heteroatoms. The number of benzene rings is 4. The van der Waals surface area contributed by atoms with Crippen molar-refractivity contribution in [2.45, 2.75) is 151 Å². The number of amides is 1. The first-order valence-corrected chi connectivity index (χ1v) is 28.9. The van der Waals surface area contributed by atoms with Crippen LogP contribution in [0.25, 0.3) is 0 Å². The summed E-state index contributed by atoms with van der Waals surface area (Å²) in [5.41, 5.74) is -1.79. The maximum Gasteiger partial charge on any atom is 0.314 e. The van der Waals surface area contributed by atoms with E-state index in [1.54, 1.807) is 6.92 Å². The molecule has 4 aromatic rings. The number of aliphatic hydroxyl groups excluding tert-OH is 4. The van der Waals surface area contributed by atoms with Crippen molar-refractivity contribution in [1.29, 1.82) is 0 Å². The molecule has 4 aliphatic carbocycles. The summed E-state index contributed by atoms with van der Waals surface area (Å²) in [5.74, 6) is -10.6. The monoisotopic (exact) mass is 1320 g/mol. The fourth-order valence-electron chi connectivity index (χ4n) is 12.5. The molecule has 8 unspecified atom stereocenters. The SMILES string of the molecule is COc1cccc2c1C(=O)c1c(O)c3c(c(O)c1C2=O)C[C@@](O)(C(=O)CO)C[C@@H]3OC1CC(N)C(O)C(C)O1.COc1cccc2c1C(=O)c1c(O)c3c(c(O)c1C2=O)C[C@@](O)(C(=O)CO)C[C@@H]3OC1CC(NC(=O)CCC(=O)O)C(O)C(C)O1.Cl.O=C1CCC(=O)O1. The summed E-state index contributed by atoms with van der Waals surface area (Å²) in [4.78, 5) is 123. The number of methoxy groups -OCH3 is 2. The molecule has 93 heavy (non-hydrogen) atoms. The Balaban J connectivity index is 0.000000216. The van der Waals surface area contributed by atoms with Gasteiger partial charge in [0, 0.05) is 84.4 Å². The number of carbonyl (C=O) groups excluding carboxylic acids is 9. The van der Waals surface area contributed by atoms with Gasteiger partial charge < -0.3 is 100 Å². The van der Waals surface area contributed by atoms with Crippen LogP contribution >= 0.6 is 12.4 Å². The number of nitrogens with two attached hydrogens (primary N) is 1. The van der Waals surface area contributed by atoms with E-state index < -0.39 is 222 Å². The van der Waals surface area contributed by atoms with Gasteiger partial charge in [0.1, 0.15) is 65.0 Å². The number of cyclic esters (lactones) is 2. The molecule has 3 saturated heterocycles. The second-order valence-electron chi connectivity index (χ2n) is 23.1. The normalized spacial score (nSPS) is 27.3. The number of fused-ring (bicyclic) bond motifs is 6. The number of aromatic hydroxyl groups is 4. The molecule has 3 aliphatic heterocycles. The van der Waals surface area contributed by atoms with Gasteiger partial charge in [-0.15, -0.1) is 12.4 Å². The van der Waals surface area contributed by atoms with Gasteiger partial charge in [-0.05, 0) is 26.0 Å². The molecule has 4 aromatic carbocycles. The molecule has 0 saturated carbocycles. The van der Waals surface area contributed by atoms with Crippen molar-refractivity contribution in [3.8, 4) is 34.5 Å². The van der Waals surface area contributed by atoms with Crippen LogP contribution in [0.5, 0.6) is 34.5 Å². The second-order valence-corrected chi connectivity index (χ2v) is 23.1. The lowest BCUT2D eigenvalue weighted by molar-refractivity contribution is -0.249. The number of esters is 2. The van der Waals surface area contributed by atoms with Crippen molar-refractivity contribution >= 4 is 70.9 Å². The van der Waals surface area contributed by atoms with Crippen LogP contribution in [0.15, 0.2) is 36.4 Å². The Morgan fingerprint density at radius 2 is 1.01 bits per heavy atom. The van der Waals surface area contributed by atoms with E-state index >= 15 is 0 Å². The quantitative estimate of drug-likeness (QED) is 0.0396. The predicted molar refractivity (Wildman–Crippen MR) is 312 cm³/mol. The largest absolute Gasteiger partial charge is 0.507 e. The van der Waals surface area contributed by atoms with E-state index in [0.29, 0.717) is 0 Å². The maximum atomic E-state index is 13.8. The topological polar surface area (TPSA) is 496 Å². The van der Waals surface area contributed by atoms with E-state index in [-0.39, 0.29) is 101 Å². The minimum absolute atomic E-state index is 0. The number of carboxylic acid groups (broad SMARTS) is 1. The molecular weight excluding hydrogens is 1260 g/mol. The van der Waals surface area contributed by atoms with E-state index in [1.807, 2.05) is 0 Å². The first kappa shape index (κ1) is 70.5. The zero-order valence-electron chi connectivity index (χ0n) is 50.1. The van der Waals surface area contributed by atoms with Crippen molar-refractivity contribution in [3.63, 3.8) is 0 Å². The number of phenols is 4. The number of carboxylic acids is 1. The molecular formula is C62H67ClN2O28. The van der Waals surface area contributed by atoms with Crippen LogP contribution in [-0.2, 0) is 65.3 Å². The highest BCUT2D eigenvalue weighted by atomic mass is 35.5. The van der Waals surface area contributed by atoms with E-state index in [9.17, 15) is 99.0 Å². The van der Waals surface area contributed by atoms with Crippen LogP contribution < -0.4 is 20.5 Å². The first-order valence-electron chi connectivity index (χ1n) is 28.9. The van der Waals surface area contributed by atoms with Gasteiger partial charge in [0.05, 0.1) is 103 Å². The number of rotatable bonds is 14. The summed E-state index contributed by atoms with van der Waals surface area (Å²) in [5, 5.41) is 120. The Kier molecular flexibility index (Phi) is 21.0. The lowest BCUT2D eigenvalue weighted by Crippen LogP contribution is -2.55. The van der Waals surface area contributed by atoms with Gasteiger partial charge in [0.15, 0.2) is 35.7 Å².